The first kappa shape index (κ1) is 7.89. The molecule has 0 radical (unpaired) electrons. The minimum Gasteiger partial charge on any atom is -0.414 e. The number of rotatable bonds is 2. The van der Waals surface area contributed by atoms with Gasteiger partial charge in [-0.15, -0.1) is 5.10 Å². The third kappa shape index (κ3) is 2.13. The van der Waals surface area contributed by atoms with Crippen LogP contribution in [0.25, 0.3) is 0 Å². The van der Waals surface area contributed by atoms with Gasteiger partial charge in [0.15, 0.2) is 0 Å². The van der Waals surface area contributed by atoms with Crippen LogP contribution in [0, 0.1) is 4.84 Å². The minimum absolute atomic E-state index is 0.0103. The smallest absolute Gasteiger partial charge is 0.284 e. The van der Waals surface area contributed by atoms with Crippen molar-refractivity contribution in [1.29, 1.82) is 0 Å². The van der Waals surface area contributed by atoms with E-state index in [0.717, 1.165) is 0 Å². The van der Waals surface area contributed by atoms with E-state index in [9.17, 15) is 4.79 Å². The molecule has 0 aliphatic rings. The number of aromatic amines is 1. The maximum Gasteiger partial charge on any atom is 0.284 e. The van der Waals surface area contributed by atoms with Gasteiger partial charge in [0.25, 0.3) is 4.84 Å². The highest BCUT2D eigenvalue weighted by molar-refractivity contribution is 7.71. The summed E-state index contributed by atoms with van der Waals surface area (Å²) in [7, 11) is 0. The first-order chi connectivity index (χ1) is 5.22. The second-order valence-corrected chi connectivity index (χ2v) is 2.12. The van der Waals surface area contributed by atoms with Gasteiger partial charge in [0.05, 0.1) is 0 Å². The molecule has 1 aromatic rings. The fourth-order valence-corrected chi connectivity index (χ4v) is 0.666. The molecule has 0 unspecified atom stereocenters. The molecule has 7 heteroatoms. The van der Waals surface area contributed by atoms with Crippen molar-refractivity contribution >= 4 is 18.1 Å². The monoisotopic (exact) mass is 174 g/mol. The summed E-state index contributed by atoms with van der Waals surface area (Å²) in [4.78, 5) is 10.7. The van der Waals surface area contributed by atoms with Crippen molar-refractivity contribution in [2.45, 2.75) is 6.42 Å². The number of hydrogen-bond donors (Lipinski definition) is 3. The molecule has 0 atom stereocenters. The summed E-state index contributed by atoms with van der Waals surface area (Å²) in [5.41, 5.74) is 1.94. The van der Waals surface area contributed by atoms with Crippen LogP contribution in [0.2, 0.25) is 0 Å². The Morgan fingerprint density at radius 1 is 1.91 bits per heavy atom. The Morgan fingerprint density at radius 2 is 2.64 bits per heavy atom. The molecule has 0 aromatic carbocycles. The number of H-pyrrole nitrogens is 1. The summed E-state index contributed by atoms with van der Waals surface area (Å²) >= 11 is 4.57. The predicted molar refractivity (Wildman–Crippen MR) is 37.7 cm³/mol. The van der Waals surface area contributed by atoms with E-state index in [2.05, 4.69) is 22.4 Å². The summed E-state index contributed by atoms with van der Waals surface area (Å²) in [6, 6.07) is 0. The maximum atomic E-state index is 10.6. The van der Waals surface area contributed by atoms with E-state index in [1.54, 1.807) is 0 Å². The fraction of sp³-hybridized carbons (Fsp3) is 0.250. The van der Waals surface area contributed by atoms with Gasteiger partial charge in [-0.1, -0.05) is 0 Å². The fourth-order valence-electron chi connectivity index (χ4n) is 0.525. The molecular weight excluding hydrogens is 168 g/mol. The predicted octanol–water partition coefficient (Wildman–Crippen LogP) is -0.735. The number of nitrogens with zero attached hydrogens (tertiary/aromatic N) is 1. The van der Waals surface area contributed by atoms with Crippen molar-refractivity contribution in [1.82, 2.24) is 15.6 Å². The van der Waals surface area contributed by atoms with Gasteiger partial charge in [-0.05, 0) is 12.2 Å². The van der Waals surface area contributed by atoms with Gasteiger partial charge in [0.1, 0.15) is 6.42 Å². The van der Waals surface area contributed by atoms with Crippen LogP contribution in [-0.4, -0.2) is 16.1 Å². The second kappa shape index (κ2) is 3.26. The lowest BCUT2D eigenvalue weighted by Crippen LogP contribution is -2.31. The molecule has 0 saturated heterocycles. The number of hydrogen-bond acceptors (Lipinski definition) is 5. The molecule has 1 heterocycles. The Kier molecular flexibility index (Phi) is 2.34. The first-order valence-corrected chi connectivity index (χ1v) is 3.17. The van der Waals surface area contributed by atoms with Crippen LogP contribution in [0.4, 0.5) is 0 Å². The average molecular weight is 174 g/mol. The number of nitrogens with two attached hydrogens (primary N) is 1. The van der Waals surface area contributed by atoms with E-state index < -0.39 is 0 Å². The first-order valence-electron chi connectivity index (χ1n) is 2.76. The van der Waals surface area contributed by atoms with Crippen LogP contribution in [0.15, 0.2) is 4.42 Å². The van der Waals surface area contributed by atoms with E-state index >= 15 is 0 Å². The highest BCUT2D eigenvalue weighted by Crippen LogP contribution is 1.94. The lowest BCUT2D eigenvalue weighted by atomic mass is 10.4. The summed E-state index contributed by atoms with van der Waals surface area (Å²) < 4.78 is 4.79. The number of carbonyl (C=O) groups is 1. The highest BCUT2D eigenvalue weighted by Gasteiger charge is 2.05. The van der Waals surface area contributed by atoms with Gasteiger partial charge in [-0.2, -0.15) is 0 Å². The van der Waals surface area contributed by atoms with E-state index in [1.165, 1.54) is 0 Å². The van der Waals surface area contributed by atoms with Crippen molar-refractivity contribution in [2.75, 3.05) is 0 Å². The van der Waals surface area contributed by atoms with Crippen LogP contribution >= 0.6 is 12.2 Å². The van der Waals surface area contributed by atoms with E-state index in [4.69, 9.17) is 10.3 Å². The molecule has 1 aromatic heterocycles. The normalized spacial score (nSPS) is 9.55. The zero-order valence-corrected chi connectivity index (χ0v) is 6.27. The average Bonchev–Trinajstić information content (AvgIpc) is 2.35. The zero-order valence-electron chi connectivity index (χ0n) is 5.46. The van der Waals surface area contributed by atoms with Gasteiger partial charge in [-0.25, -0.2) is 10.9 Å². The Balaban J connectivity index is 2.65. The molecule has 0 aliphatic carbocycles. The molecule has 0 saturated carbocycles. The largest absolute Gasteiger partial charge is 0.414 e. The standard InChI is InChI=1S/C4H6N4O2S/c5-6-2(9)1-3-7-8-4(11)10-3/h1,5H2,(H,6,9)(H,8,11). The van der Waals surface area contributed by atoms with Gasteiger partial charge < -0.3 is 4.42 Å². The molecule has 1 amide bonds. The second-order valence-electron chi connectivity index (χ2n) is 1.75. The molecule has 11 heavy (non-hydrogen) atoms. The summed E-state index contributed by atoms with van der Waals surface area (Å²) in [6.45, 7) is 0. The van der Waals surface area contributed by atoms with Gasteiger partial charge >= 0.3 is 0 Å². The van der Waals surface area contributed by atoms with E-state index in [0.29, 0.717) is 0 Å². The number of nitrogens with one attached hydrogen (secondary N) is 2. The Bertz CT molecular complexity index is 303. The molecule has 4 N–H and O–H groups in total. The van der Waals surface area contributed by atoms with Crippen molar-refractivity contribution in [3.63, 3.8) is 0 Å². The van der Waals surface area contributed by atoms with Gasteiger partial charge in [0, 0.05) is 0 Å². The van der Waals surface area contributed by atoms with E-state index in [-0.39, 0.29) is 23.1 Å². The lowest BCUT2D eigenvalue weighted by molar-refractivity contribution is -0.120. The molecule has 0 spiro atoms. The summed E-state index contributed by atoms with van der Waals surface area (Å²) in [5.74, 6) is 4.66. The van der Waals surface area contributed by atoms with Crippen molar-refractivity contribution < 1.29 is 9.21 Å². The molecule has 0 fully saturated rings. The Hall–Kier alpha value is -1.21. The van der Waals surface area contributed by atoms with Crippen LogP contribution in [0.3, 0.4) is 0 Å². The summed E-state index contributed by atoms with van der Waals surface area (Å²) in [6.07, 6.45) is -0.0103. The van der Waals surface area contributed by atoms with Crippen LogP contribution in [-0.2, 0) is 11.2 Å². The molecule has 1 rings (SSSR count). The maximum absolute atomic E-state index is 10.6. The van der Waals surface area contributed by atoms with Gasteiger partial charge in [0.2, 0.25) is 11.8 Å². The third-order valence-corrected chi connectivity index (χ3v) is 1.13. The minimum atomic E-state index is -0.379. The number of amides is 1. The van der Waals surface area contributed by atoms with Gasteiger partial charge in [-0.3, -0.25) is 10.2 Å². The number of carbonyl (C=O) groups excluding carboxylic acids is 1. The van der Waals surface area contributed by atoms with E-state index in [1.807, 2.05) is 5.43 Å². The SMILES string of the molecule is NNC(=O)Cc1n[nH]c(=S)o1. The molecule has 6 nitrogen and oxygen atoms in total. The molecular formula is C4H6N4O2S. The lowest BCUT2D eigenvalue weighted by Gasteiger charge is -1.91. The Morgan fingerprint density at radius 3 is 3.09 bits per heavy atom. The topological polar surface area (TPSA) is 96.9 Å². The number of hydrazine groups is 1. The van der Waals surface area contributed by atoms with Crippen molar-refractivity contribution in [2.24, 2.45) is 5.84 Å². The quantitative estimate of drug-likeness (QED) is 0.237. The zero-order chi connectivity index (χ0) is 8.27. The molecule has 60 valence electrons. The number of aromatic nitrogens is 2. The molecule has 0 aliphatic heterocycles. The third-order valence-electron chi connectivity index (χ3n) is 0.955. The van der Waals surface area contributed by atoms with Crippen LogP contribution in [0.1, 0.15) is 5.89 Å². The molecule has 0 bridgehead atoms. The summed E-state index contributed by atoms with van der Waals surface area (Å²) in [5, 5.41) is 5.97. The van der Waals surface area contributed by atoms with Crippen molar-refractivity contribution in [3.05, 3.63) is 10.7 Å². The highest BCUT2D eigenvalue weighted by atomic mass is 32.1. The van der Waals surface area contributed by atoms with Crippen molar-refractivity contribution in [3.8, 4) is 0 Å². The van der Waals surface area contributed by atoms with Crippen LogP contribution in [0.5, 0.6) is 0 Å². The van der Waals surface area contributed by atoms with Crippen LogP contribution < -0.4 is 11.3 Å². The Labute approximate surface area is 66.7 Å².